The van der Waals surface area contributed by atoms with Gasteiger partial charge >= 0.3 is 5.97 Å². The summed E-state index contributed by atoms with van der Waals surface area (Å²) in [5.74, 6) is -0.781. The largest absolute Gasteiger partial charge is 0.380 e. The molecule has 0 N–H and O–H groups in total. The SMILES string of the molecule is Cc1ccc(C(=O)OBr)c([N+](=O)[O-])c1. The van der Waals surface area contributed by atoms with Gasteiger partial charge in [0.25, 0.3) is 5.69 Å². The van der Waals surface area contributed by atoms with Crippen LogP contribution in [0.15, 0.2) is 18.2 Å². The molecule has 0 amide bonds. The number of nitrogens with zero attached hydrogens (tertiary/aromatic N) is 1. The van der Waals surface area contributed by atoms with E-state index in [4.69, 9.17) is 0 Å². The Hall–Kier alpha value is -1.43. The van der Waals surface area contributed by atoms with E-state index in [1.807, 2.05) is 0 Å². The van der Waals surface area contributed by atoms with Crippen molar-refractivity contribution in [2.24, 2.45) is 0 Å². The van der Waals surface area contributed by atoms with E-state index < -0.39 is 10.9 Å². The Bertz CT molecular complexity index is 391. The average Bonchev–Trinajstić information content (AvgIpc) is 2.16. The Morgan fingerprint density at radius 1 is 1.57 bits per heavy atom. The van der Waals surface area contributed by atoms with Gasteiger partial charge in [0.15, 0.2) is 16.3 Å². The fourth-order valence-electron chi connectivity index (χ4n) is 1.01. The zero-order valence-corrected chi connectivity index (χ0v) is 8.78. The summed E-state index contributed by atoms with van der Waals surface area (Å²) < 4.78 is 4.24. The van der Waals surface area contributed by atoms with E-state index >= 15 is 0 Å². The van der Waals surface area contributed by atoms with Crippen LogP contribution in [0.4, 0.5) is 5.69 Å². The van der Waals surface area contributed by atoms with Crippen LogP contribution >= 0.6 is 16.3 Å². The number of hydrogen-bond acceptors (Lipinski definition) is 4. The zero-order chi connectivity index (χ0) is 10.7. The number of benzene rings is 1. The van der Waals surface area contributed by atoms with Gasteiger partial charge in [-0.05, 0) is 18.6 Å². The molecule has 0 aliphatic heterocycles. The van der Waals surface area contributed by atoms with Crippen LogP contribution in [0.25, 0.3) is 0 Å². The first kappa shape index (κ1) is 10.6. The second-order valence-corrected chi connectivity index (χ2v) is 2.97. The number of aryl methyl sites for hydroxylation is 1. The van der Waals surface area contributed by atoms with Crippen LogP contribution in [0.5, 0.6) is 0 Å². The predicted molar refractivity (Wildman–Crippen MR) is 52.2 cm³/mol. The molecule has 0 atom stereocenters. The minimum absolute atomic E-state index is 0.0718. The van der Waals surface area contributed by atoms with Gasteiger partial charge in [-0.3, -0.25) is 10.1 Å². The van der Waals surface area contributed by atoms with Crippen molar-refractivity contribution in [3.05, 3.63) is 39.4 Å². The number of carbonyl (C=O) groups is 1. The van der Waals surface area contributed by atoms with E-state index in [9.17, 15) is 14.9 Å². The maximum absolute atomic E-state index is 11.1. The van der Waals surface area contributed by atoms with E-state index in [2.05, 4.69) is 20.1 Å². The first-order valence-electron chi connectivity index (χ1n) is 3.64. The molecular weight excluding hydrogens is 254 g/mol. The molecule has 1 aromatic carbocycles. The summed E-state index contributed by atoms with van der Waals surface area (Å²) in [5.41, 5.74) is 0.384. The van der Waals surface area contributed by atoms with Gasteiger partial charge < -0.3 is 3.83 Å². The van der Waals surface area contributed by atoms with Crippen molar-refractivity contribution in [3.63, 3.8) is 0 Å². The van der Waals surface area contributed by atoms with Crippen LogP contribution < -0.4 is 0 Å². The van der Waals surface area contributed by atoms with Crippen molar-refractivity contribution in [1.29, 1.82) is 0 Å². The fraction of sp³-hybridized carbons (Fsp3) is 0.125. The smallest absolute Gasteiger partial charge is 0.356 e. The zero-order valence-electron chi connectivity index (χ0n) is 7.19. The highest BCUT2D eigenvalue weighted by molar-refractivity contribution is 9.06. The number of nitro benzene ring substituents is 1. The maximum atomic E-state index is 11.1. The average molecular weight is 260 g/mol. The Kier molecular flexibility index (Phi) is 3.19. The highest BCUT2D eigenvalue weighted by Crippen LogP contribution is 2.21. The van der Waals surface area contributed by atoms with Crippen molar-refractivity contribution in [3.8, 4) is 0 Å². The van der Waals surface area contributed by atoms with Gasteiger partial charge in [-0.1, -0.05) is 6.07 Å². The predicted octanol–water partition coefficient (Wildman–Crippen LogP) is 2.37. The molecule has 0 bridgehead atoms. The molecule has 6 heteroatoms. The Morgan fingerprint density at radius 2 is 2.21 bits per heavy atom. The van der Waals surface area contributed by atoms with Crippen molar-refractivity contribution < 1.29 is 13.5 Å². The lowest BCUT2D eigenvalue weighted by molar-refractivity contribution is -0.385. The standard InChI is InChI=1S/C8H6BrNO4/c1-5-2-3-6(8(11)14-9)7(4-5)10(12)13/h2-4H,1H3. The third-order valence-corrected chi connectivity index (χ3v) is 1.93. The van der Waals surface area contributed by atoms with Gasteiger partial charge in [-0.2, -0.15) is 0 Å². The molecular formula is C8H6BrNO4. The molecule has 14 heavy (non-hydrogen) atoms. The van der Waals surface area contributed by atoms with Gasteiger partial charge in [0.1, 0.15) is 5.56 Å². The Morgan fingerprint density at radius 3 is 2.71 bits per heavy atom. The van der Waals surface area contributed by atoms with E-state index in [1.165, 1.54) is 12.1 Å². The van der Waals surface area contributed by atoms with Crippen LogP contribution in [0.1, 0.15) is 15.9 Å². The Labute approximate surface area is 88.3 Å². The molecule has 0 fully saturated rings. The van der Waals surface area contributed by atoms with Gasteiger partial charge in [-0.15, -0.1) is 0 Å². The maximum Gasteiger partial charge on any atom is 0.356 e. The van der Waals surface area contributed by atoms with Gasteiger partial charge in [-0.25, -0.2) is 4.79 Å². The van der Waals surface area contributed by atoms with Crippen molar-refractivity contribution >= 4 is 27.9 Å². The fourth-order valence-corrected chi connectivity index (χ4v) is 1.18. The monoisotopic (exact) mass is 259 g/mol. The van der Waals surface area contributed by atoms with Crippen LogP contribution in [-0.4, -0.2) is 10.9 Å². The number of hydrogen-bond donors (Lipinski definition) is 0. The first-order valence-corrected chi connectivity index (χ1v) is 4.29. The second kappa shape index (κ2) is 4.19. The quantitative estimate of drug-likeness (QED) is 0.604. The minimum atomic E-state index is -0.781. The van der Waals surface area contributed by atoms with Crippen LogP contribution in [0, 0.1) is 17.0 Å². The lowest BCUT2D eigenvalue weighted by Crippen LogP contribution is -2.03. The third kappa shape index (κ3) is 2.08. The van der Waals surface area contributed by atoms with E-state index in [0.717, 1.165) is 0 Å². The van der Waals surface area contributed by atoms with Gasteiger partial charge in [0.2, 0.25) is 0 Å². The molecule has 0 aliphatic rings. The molecule has 0 heterocycles. The van der Waals surface area contributed by atoms with Crippen LogP contribution in [0.2, 0.25) is 0 Å². The third-order valence-electron chi connectivity index (χ3n) is 1.64. The molecule has 1 rings (SSSR count). The van der Waals surface area contributed by atoms with E-state index in [0.29, 0.717) is 5.56 Å². The summed E-state index contributed by atoms with van der Waals surface area (Å²) in [6.45, 7) is 1.70. The van der Waals surface area contributed by atoms with Crippen LogP contribution in [0.3, 0.4) is 0 Å². The number of carbonyl (C=O) groups excluding carboxylic acids is 1. The van der Waals surface area contributed by atoms with E-state index in [1.54, 1.807) is 13.0 Å². The molecule has 5 nitrogen and oxygen atoms in total. The lowest BCUT2D eigenvalue weighted by atomic mass is 10.1. The number of nitro groups is 1. The Balaban J connectivity index is 3.28. The van der Waals surface area contributed by atoms with Crippen molar-refractivity contribution in [1.82, 2.24) is 0 Å². The van der Waals surface area contributed by atoms with Crippen molar-refractivity contribution in [2.75, 3.05) is 0 Å². The topological polar surface area (TPSA) is 69.4 Å². The highest BCUT2D eigenvalue weighted by Gasteiger charge is 2.20. The normalized spacial score (nSPS) is 9.57. The summed E-state index contributed by atoms with van der Waals surface area (Å²) in [6, 6.07) is 4.28. The van der Waals surface area contributed by atoms with Gasteiger partial charge in [0.05, 0.1) is 4.92 Å². The molecule has 1 aromatic rings. The van der Waals surface area contributed by atoms with E-state index in [-0.39, 0.29) is 11.3 Å². The highest BCUT2D eigenvalue weighted by atomic mass is 79.9. The second-order valence-electron chi connectivity index (χ2n) is 2.64. The molecule has 0 aromatic heterocycles. The molecule has 0 unspecified atom stereocenters. The van der Waals surface area contributed by atoms with Gasteiger partial charge in [0, 0.05) is 6.07 Å². The minimum Gasteiger partial charge on any atom is -0.380 e. The first-order chi connectivity index (χ1) is 6.56. The summed E-state index contributed by atoms with van der Waals surface area (Å²) in [7, 11) is 0. The molecule has 0 saturated carbocycles. The lowest BCUT2D eigenvalue weighted by Gasteiger charge is -2.00. The molecule has 0 radical (unpaired) electrons. The summed E-state index contributed by atoms with van der Waals surface area (Å²) in [5, 5.41) is 10.6. The number of halogens is 1. The van der Waals surface area contributed by atoms with Crippen molar-refractivity contribution in [2.45, 2.75) is 6.92 Å². The summed E-state index contributed by atoms with van der Waals surface area (Å²) in [6.07, 6.45) is 0. The molecule has 0 aliphatic carbocycles. The molecule has 74 valence electrons. The summed E-state index contributed by atoms with van der Waals surface area (Å²) >= 11 is 2.48. The molecule has 0 spiro atoms. The summed E-state index contributed by atoms with van der Waals surface area (Å²) in [4.78, 5) is 21.0. The molecule has 0 saturated heterocycles. The van der Waals surface area contributed by atoms with Crippen LogP contribution in [-0.2, 0) is 3.83 Å². The number of rotatable bonds is 2.